The van der Waals surface area contributed by atoms with Gasteiger partial charge in [0.15, 0.2) is 0 Å². The van der Waals surface area contributed by atoms with Gasteiger partial charge in [0, 0.05) is 32.0 Å². The van der Waals surface area contributed by atoms with Gasteiger partial charge in [0.2, 0.25) is 5.91 Å². The molecule has 0 fully saturated rings. The van der Waals surface area contributed by atoms with Crippen LogP contribution in [0.5, 0.6) is 0 Å². The fourth-order valence-electron chi connectivity index (χ4n) is 3.54. The summed E-state index contributed by atoms with van der Waals surface area (Å²) >= 11 is 0. The number of amides is 2. The molecular formula is C21H25N3O5S. The number of hydrogen-bond donors (Lipinski definition) is 2. The molecule has 2 amide bonds. The number of sulfonamides is 1. The second kappa shape index (κ2) is 8.85. The number of methoxy groups -OCH3 is 1. The topological polar surface area (TPSA) is 105 Å². The molecule has 0 aromatic heterocycles. The first-order valence-corrected chi connectivity index (χ1v) is 11.0. The molecule has 1 aliphatic rings. The molecule has 160 valence electrons. The summed E-state index contributed by atoms with van der Waals surface area (Å²) in [6.45, 7) is 3.58. The number of carbonyl (C=O) groups is 2. The standard InChI is InChI=1S/C21H25N3O5S/c1-14-11-17(22-15(2)25)8-9-20(14)30(27,28)23-18-7-6-16-5-4-10-24(19(16)12-18)21(26)13-29-3/h6-9,11-12,23H,4-5,10,13H2,1-3H3,(H,22,25). The predicted molar refractivity (Wildman–Crippen MR) is 115 cm³/mol. The minimum Gasteiger partial charge on any atom is -0.375 e. The molecule has 0 spiro atoms. The number of rotatable bonds is 6. The lowest BCUT2D eigenvalue weighted by Crippen LogP contribution is -2.37. The van der Waals surface area contributed by atoms with E-state index in [0.29, 0.717) is 29.2 Å². The van der Waals surface area contributed by atoms with Crippen molar-refractivity contribution < 1.29 is 22.7 Å². The maximum atomic E-state index is 12.9. The summed E-state index contributed by atoms with van der Waals surface area (Å²) in [7, 11) is -2.39. The zero-order valence-corrected chi connectivity index (χ0v) is 18.0. The highest BCUT2D eigenvalue weighted by molar-refractivity contribution is 7.92. The van der Waals surface area contributed by atoms with Gasteiger partial charge in [0.1, 0.15) is 6.61 Å². The number of aryl methyl sites for hydroxylation is 2. The molecule has 3 rings (SSSR count). The number of nitrogens with one attached hydrogen (secondary N) is 2. The molecule has 0 bridgehead atoms. The molecule has 0 atom stereocenters. The maximum absolute atomic E-state index is 12.9. The van der Waals surface area contributed by atoms with Crippen LogP contribution < -0.4 is 14.9 Å². The predicted octanol–water partition coefficient (Wildman–Crippen LogP) is 2.68. The summed E-state index contributed by atoms with van der Waals surface area (Å²) in [4.78, 5) is 25.3. The van der Waals surface area contributed by atoms with E-state index in [1.165, 1.54) is 20.1 Å². The van der Waals surface area contributed by atoms with E-state index in [4.69, 9.17) is 4.74 Å². The number of ether oxygens (including phenoxy) is 1. The van der Waals surface area contributed by atoms with Gasteiger partial charge in [-0.1, -0.05) is 6.07 Å². The van der Waals surface area contributed by atoms with Crippen LogP contribution in [0.4, 0.5) is 17.1 Å². The van der Waals surface area contributed by atoms with E-state index in [0.717, 1.165) is 18.4 Å². The minimum absolute atomic E-state index is 0.0325. The Morgan fingerprint density at radius 3 is 2.53 bits per heavy atom. The van der Waals surface area contributed by atoms with Gasteiger partial charge in [-0.2, -0.15) is 0 Å². The van der Waals surface area contributed by atoms with Gasteiger partial charge in [0.25, 0.3) is 15.9 Å². The fraction of sp³-hybridized carbons (Fsp3) is 0.333. The van der Waals surface area contributed by atoms with Crippen LogP contribution in [0.1, 0.15) is 24.5 Å². The molecule has 0 aliphatic carbocycles. The molecule has 30 heavy (non-hydrogen) atoms. The number of anilines is 3. The third-order valence-corrected chi connectivity index (χ3v) is 6.35. The van der Waals surface area contributed by atoms with Gasteiger partial charge in [-0.15, -0.1) is 0 Å². The van der Waals surface area contributed by atoms with Crippen LogP contribution >= 0.6 is 0 Å². The van der Waals surface area contributed by atoms with Crippen LogP contribution in [0.3, 0.4) is 0 Å². The smallest absolute Gasteiger partial charge is 0.262 e. The van der Waals surface area contributed by atoms with Crippen LogP contribution in [0, 0.1) is 6.92 Å². The summed E-state index contributed by atoms with van der Waals surface area (Å²) in [5.41, 5.74) is 3.09. The quantitative estimate of drug-likeness (QED) is 0.732. The largest absolute Gasteiger partial charge is 0.375 e. The molecule has 8 nitrogen and oxygen atoms in total. The summed E-state index contributed by atoms with van der Waals surface area (Å²) in [5.74, 6) is -0.396. The molecule has 0 saturated heterocycles. The summed E-state index contributed by atoms with van der Waals surface area (Å²) in [6.07, 6.45) is 1.66. The van der Waals surface area contributed by atoms with Crippen LogP contribution in [0.2, 0.25) is 0 Å². The maximum Gasteiger partial charge on any atom is 0.262 e. The lowest BCUT2D eigenvalue weighted by atomic mass is 10.0. The van der Waals surface area contributed by atoms with Crippen molar-refractivity contribution in [2.75, 3.05) is 35.2 Å². The monoisotopic (exact) mass is 431 g/mol. The van der Waals surface area contributed by atoms with Crippen molar-refractivity contribution in [1.82, 2.24) is 0 Å². The number of carbonyl (C=O) groups excluding carboxylic acids is 2. The Hall–Kier alpha value is -2.91. The van der Waals surface area contributed by atoms with Crippen molar-refractivity contribution in [3.8, 4) is 0 Å². The van der Waals surface area contributed by atoms with Crippen molar-refractivity contribution in [2.24, 2.45) is 0 Å². The van der Waals surface area contributed by atoms with Crippen molar-refractivity contribution >= 4 is 38.9 Å². The van der Waals surface area contributed by atoms with E-state index in [1.807, 2.05) is 6.07 Å². The fourth-order valence-corrected chi connectivity index (χ4v) is 4.82. The summed E-state index contributed by atoms with van der Waals surface area (Å²) < 4.78 is 33.4. The van der Waals surface area contributed by atoms with Crippen LogP contribution in [0.15, 0.2) is 41.3 Å². The van der Waals surface area contributed by atoms with Crippen LogP contribution in [0.25, 0.3) is 0 Å². The lowest BCUT2D eigenvalue weighted by molar-refractivity contribution is -0.122. The number of benzene rings is 2. The molecule has 2 N–H and O–H groups in total. The Labute approximate surface area is 176 Å². The van der Waals surface area contributed by atoms with Crippen molar-refractivity contribution in [2.45, 2.75) is 31.6 Å². The Kier molecular flexibility index (Phi) is 6.42. The highest BCUT2D eigenvalue weighted by atomic mass is 32.2. The highest BCUT2D eigenvalue weighted by Gasteiger charge is 2.24. The minimum atomic E-state index is -3.85. The Morgan fingerprint density at radius 2 is 1.87 bits per heavy atom. The van der Waals surface area contributed by atoms with E-state index in [2.05, 4.69) is 10.0 Å². The first-order chi connectivity index (χ1) is 14.2. The van der Waals surface area contributed by atoms with Gasteiger partial charge in [0.05, 0.1) is 10.6 Å². The van der Waals surface area contributed by atoms with E-state index < -0.39 is 10.0 Å². The van der Waals surface area contributed by atoms with Crippen LogP contribution in [-0.4, -0.2) is 40.5 Å². The number of hydrogen-bond acceptors (Lipinski definition) is 5. The molecular weight excluding hydrogens is 406 g/mol. The summed E-state index contributed by atoms with van der Waals surface area (Å²) in [6, 6.07) is 9.82. The summed E-state index contributed by atoms with van der Waals surface area (Å²) in [5, 5.41) is 2.63. The zero-order valence-electron chi connectivity index (χ0n) is 17.2. The SMILES string of the molecule is COCC(=O)N1CCCc2ccc(NS(=O)(=O)c3ccc(NC(C)=O)cc3C)cc21. The van der Waals surface area contributed by atoms with Gasteiger partial charge in [-0.25, -0.2) is 8.42 Å². The molecule has 0 saturated carbocycles. The first kappa shape index (κ1) is 21.8. The molecule has 9 heteroatoms. The lowest BCUT2D eigenvalue weighted by Gasteiger charge is -2.30. The van der Waals surface area contributed by atoms with Gasteiger partial charge in [-0.05, 0) is 61.2 Å². The highest BCUT2D eigenvalue weighted by Crippen LogP contribution is 2.31. The average Bonchev–Trinajstić information content (AvgIpc) is 2.66. The second-order valence-corrected chi connectivity index (χ2v) is 8.84. The zero-order chi connectivity index (χ0) is 21.9. The second-order valence-electron chi connectivity index (χ2n) is 7.19. The van der Waals surface area contributed by atoms with Crippen molar-refractivity contribution in [3.05, 3.63) is 47.5 Å². The van der Waals surface area contributed by atoms with Crippen molar-refractivity contribution in [3.63, 3.8) is 0 Å². The van der Waals surface area contributed by atoms with E-state index in [9.17, 15) is 18.0 Å². The Balaban J connectivity index is 1.88. The average molecular weight is 432 g/mol. The molecule has 2 aromatic rings. The Morgan fingerprint density at radius 1 is 1.13 bits per heavy atom. The molecule has 2 aromatic carbocycles. The van der Waals surface area contributed by atoms with Gasteiger partial charge in [-0.3, -0.25) is 14.3 Å². The molecule has 0 radical (unpaired) electrons. The number of fused-ring (bicyclic) bond motifs is 1. The molecule has 0 unspecified atom stereocenters. The molecule has 1 aliphatic heterocycles. The third-order valence-electron chi connectivity index (χ3n) is 4.81. The first-order valence-electron chi connectivity index (χ1n) is 9.54. The van der Waals surface area contributed by atoms with E-state index in [1.54, 1.807) is 36.1 Å². The van der Waals surface area contributed by atoms with Gasteiger partial charge >= 0.3 is 0 Å². The van der Waals surface area contributed by atoms with Crippen LogP contribution in [-0.2, 0) is 30.8 Å². The Bertz CT molecular complexity index is 1080. The van der Waals surface area contributed by atoms with E-state index in [-0.39, 0.29) is 23.3 Å². The number of nitrogens with zero attached hydrogens (tertiary/aromatic N) is 1. The van der Waals surface area contributed by atoms with E-state index >= 15 is 0 Å². The normalized spacial score (nSPS) is 13.5. The third kappa shape index (κ3) is 4.80. The van der Waals surface area contributed by atoms with Gasteiger partial charge < -0.3 is 15.0 Å². The van der Waals surface area contributed by atoms with Crippen molar-refractivity contribution in [1.29, 1.82) is 0 Å². The molecule has 1 heterocycles.